The molecule has 1 rings (SSSR count). The van der Waals surface area contributed by atoms with Crippen molar-refractivity contribution in [2.45, 2.75) is 6.92 Å². The molecule has 1 heterocycles. The smallest absolute Gasteiger partial charge is 0.258 e. The highest BCUT2D eigenvalue weighted by atomic mass is 16.1. The maximum absolute atomic E-state index is 11.1. The van der Waals surface area contributed by atoms with Crippen molar-refractivity contribution in [1.82, 2.24) is 9.97 Å². The van der Waals surface area contributed by atoms with Crippen molar-refractivity contribution < 1.29 is 0 Å². The minimum atomic E-state index is -0.159. The average Bonchev–Trinajstić information content (AvgIpc) is 2.05. The summed E-state index contributed by atoms with van der Waals surface area (Å²) in [5, 5.41) is 0. The van der Waals surface area contributed by atoms with Gasteiger partial charge in [-0.05, 0) is 13.0 Å². The zero-order valence-electron chi connectivity index (χ0n) is 6.87. The SMILES string of the molecule is C=Cc1c(/C=C\C)nc[nH]c1=O. The summed E-state index contributed by atoms with van der Waals surface area (Å²) < 4.78 is 0. The molecule has 12 heavy (non-hydrogen) atoms. The number of hydrogen-bond acceptors (Lipinski definition) is 2. The molecule has 3 heteroatoms. The van der Waals surface area contributed by atoms with E-state index < -0.39 is 0 Å². The normalized spacial score (nSPS) is 10.4. The summed E-state index contributed by atoms with van der Waals surface area (Å²) in [6, 6.07) is 0. The van der Waals surface area contributed by atoms with Crippen LogP contribution >= 0.6 is 0 Å². The van der Waals surface area contributed by atoms with Gasteiger partial charge in [-0.3, -0.25) is 4.79 Å². The Kier molecular flexibility index (Phi) is 2.58. The Balaban J connectivity index is 3.37. The van der Waals surface area contributed by atoms with E-state index in [0.29, 0.717) is 11.3 Å². The van der Waals surface area contributed by atoms with E-state index in [-0.39, 0.29) is 5.56 Å². The Labute approximate surface area is 70.5 Å². The molecule has 0 aromatic carbocycles. The molecular formula is C9H10N2O. The highest BCUT2D eigenvalue weighted by molar-refractivity contribution is 5.59. The molecule has 0 aliphatic carbocycles. The van der Waals surface area contributed by atoms with E-state index in [9.17, 15) is 4.79 Å². The number of allylic oxidation sites excluding steroid dienone is 1. The zero-order chi connectivity index (χ0) is 8.97. The van der Waals surface area contributed by atoms with E-state index in [0.717, 1.165) is 0 Å². The molecule has 0 atom stereocenters. The maximum Gasteiger partial charge on any atom is 0.258 e. The molecule has 0 aliphatic rings. The first-order valence-electron chi connectivity index (χ1n) is 3.62. The molecule has 0 amide bonds. The standard InChI is InChI=1S/C9H10N2O/c1-3-5-8-7(4-2)9(12)11-6-10-8/h3-6H,2H2,1H3,(H,10,11,12)/b5-3-. The lowest BCUT2D eigenvalue weighted by Gasteiger charge is -1.95. The summed E-state index contributed by atoms with van der Waals surface area (Å²) in [5.74, 6) is 0. The van der Waals surface area contributed by atoms with Gasteiger partial charge >= 0.3 is 0 Å². The number of H-pyrrole nitrogens is 1. The van der Waals surface area contributed by atoms with Gasteiger partial charge in [0, 0.05) is 0 Å². The molecule has 0 fully saturated rings. The lowest BCUT2D eigenvalue weighted by atomic mass is 10.2. The van der Waals surface area contributed by atoms with Crippen molar-refractivity contribution in [3.8, 4) is 0 Å². The van der Waals surface area contributed by atoms with Crippen LogP contribution in [0.5, 0.6) is 0 Å². The topological polar surface area (TPSA) is 45.8 Å². The Hall–Kier alpha value is -1.64. The molecule has 1 N–H and O–H groups in total. The molecule has 0 unspecified atom stereocenters. The Morgan fingerprint density at radius 3 is 3.00 bits per heavy atom. The number of nitrogens with zero attached hydrogens (tertiary/aromatic N) is 1. The van der Waals surface area contributed by atoms with Gasteiger partial charge in [0.15, 0.2) is 0 Å². The maximum atomic E-state index is 11.1. The van der Waals surface area contributed by atoms with Crippen LogP contribution in [0.15, 0.2) is 23.8 Å². The first-order chi connectivity index (χ1) is 5.79. The average molecular weight is 162 g/mol. The van der Waals surface area contributed by atoms with Crippen LogP contribution in [0, 0.1) is 0 Å². The molecule has 3 nitrogen and oxygen atoms in total. The molecular weight excluding hydrogens is 152 g/mol. The fourth-order valence-electron chi connectivity index (χ4n) is 0.912. The van der Waals surface area contributed by atoms with E-state index in [1.54, 1.807) is 6.08 Å². The number of aromatic amines is 1. The minimum Gasteiger partial charge on any atom is -0.313 e. The first kappa shape index (κ1) is 8.46. The molecule has 62 valence electrons. The lowest BCUT2D eigenvalue weighted by molar-refractivity contribution is 1.09. The third-order valence-electron chi connectivity index (χ3n) is 1.45. The summed E-state index contributed by atoms with van der Waals surface area (Å²) >= 11 is 0. The Morgan fingerprint density at radius 1 is 1.67 bits per heavy atom. The van der Waals surface area contributed by atoms with Gasteiger partial charge in [-0.2, -0.15) is 0 Å². The van der Waals surface area contributed by atoms with Crippen LogP contribution in [-0.2, 0) is 0 Å². The van der Waals surface area contributed by atoms with Crippen molar-refractivity contribution in [1.29, 1.82) is 0 Å². The van der Waals surface area contributed by atoms with Gasteiger partial charge in [0.2, 0.25) is 0 Å². The van der Waals surface area contributed by atoms with Crippen LogP contribution in [0.2, 0.25) is 0 Å². The van der Waals surface area contributed by atoms with Crippen molar-refractivity contribution in [3.63, 3.8) is 0 Å². The molecule has 0 bridgehead atoms. The molecule has 0 saturated heterocycles. The molecule has 0 radical (unpaired) electrons. The van der Waals surface area contributed by atoms with E-state index in [1.807, 2.05) is 13.0 Å². The van der Waals surface area contributed by atoms with Gasteiger partial charge in [0.05, 0.1) is 17.6 Å². The summed E-state index contributed by atoms with van der Waals surface area (Å²) in [4.78, 5) is 17.6. The van der Waals surface area contributed by atoms with E-state index in [4.69, 9.17) is 0 Å². The number of aromatic nitrogens is 2. The molecule has 0 aliphatic heterocycles. The third kappa shape index (κ3) is 1.50. The second-order valence-corrected chi connectivity index (χ2v) is 2.23. The van der Waals surface area contributed by atoms with Gasteiger partial charge in [0.25, 0.3) is 5.56 Å². The van der Waals surface area contributed by atoms with Gasteiger partial charge in [-0.15, -0.1) is 0 Å². The fraction of sp³-hybridized carbons (Fsp3) is 0.111. The summed E-state index contributed by atoms with van der Waals surface area (Å²) in [7, 11) is 0. The highest BCUT2D eigenvalue weighted by Crippen LogP contribution is 2.02. The van der Waals surface area contributed by atoms with E-state index >= 15 is 0 Å². The largest absolute Gasteiger partial charge is 0.313 e. The van der Waals surface area contributed by atoms with Gasteiger partial charge in [-0.25, -0.2) is 4.98 Å². The third-order valence-corrected chi connectivity index (χ3v) is 1.45. The van der Waals surface area contributed by atoms with Gasteiger partial charge in [-0.1, -0.05) is 18.7 Å². The number of hydrogen-bond donors (Lipinski definition) is 1. The summed E-state index contributed by atoms with van der Waals surface area (Å²) in [6.45, 7) is 5.41. The zero-order valence-corrected chi connectivity index (χ0v) is 6.87. The minimum absolute atomic E-state index is 0.159. The van der Waals surface area contributed by atoms with Crippen molar-refractivity contribution in [3.05, 3.63) is 40.6 Å². The monoisotopic (exact) mass is 162 g/mol. The van der Waals surface area contributed by atoms with Crippen LogP contribution in [0.25, 0.3) is 12.2 Å². The van der Waals surface area contributed by atoms with E-state index in [1.165, 1.54) is 12.4 Å². The van der Waals surface area contributed by atoms with Gasteiger partial charge < -0.3 is 4.98 Å². The van der Waals surface area contributed by atoms with Crippen molar-refractivity contribution in [2.75, 3.05) is 0 Å². The quantitative estimate of drug-likeness (QED) is 0.715. The van der Waals surface area contributed by atoms with Gasteiger partial charge in [0.1, 0.15) is 0 Å². The van der Waals surface area contributed by atoms with Crippen molar-refractivity contribution >= 4 is 12.2 Å². The molecule has 1 aromatic heterocycles. The second kappa shape index (κ2) is 3.67. The Bertz CT molecular complexity index is 363. The second-order valence-electron chi connectivity index (χ2n) is 2.23. The summed E-state index contributed by atoms with van der Waals surface area (Å²) in [6.07, 6.45) is 6.48. The predicted molar refractivity (Wildman–Crippen MR) is 49.7 cm³/mol. The van der Waals surface area contributed by atoms with Crippen LogP contribution in [0.1, 0.15) is 18.2 Å². The van der Waals surface area contributed by atoms with Crippen molar-refractivity contribution in [2.24, 2.45) is 0 Å². The lowest BCUT2D eigenvalue weighted by Crippen LogP contribution is -2.11. The number of rotatable bonds is 2. The first-order valence-corrected chi connectivity index (χ1v) is 3.62. The van der Waals surface area contributed by atoms with E-state index in [2.05, 4.69) is 16.5 Å². The fourth-order valence-corrected chi connectivity index (χ4v) is 0.912. The Morgan fingerprint density at radius 2 is 2.42 bits per heavy atom. The van der Waals surface area contributed by atoms with Crippen LogP contribution in [-0.4, -0.2) is 9.97 Å². The summed E-state index contributed by atoms with van der Waals surface area (Å²) in [5.41, 5.74) is 1.000. The predicted octanol–water partition coefficient (Wildman–Crippen LogP) is 1.45. The highest BCUT2D eigenvalue weighted by Gasteiger charge is 1.99. The van der Waals surface area contributed by atoms with Crippen LogP contribution in [0.3, 0.4) is 0 Å². The molecule has 0 spiro atoms. The molecule has 1 aromatic rings. The van der Waals surface area contributed by atoms with Crippen LogP contribution < -0.4 is 5.56 Å². The molecule has 0 saturated carbocycles. The number of nitrogens with one attached hydrogen (secondary N) is 1. The van der Waals surface area contributed by atoms with Crippen LogP contribution in [0.4, 0.5) is 0 Å².